The Morgan fingerprint density at radius 2 is 0.667 bits per heavy atom. The molecule has 9 nitrogen and oxygen atoms in total. The van der Waals surface area contributed by atoms with Gasteiger partial charge in [-0.25, -0.2) is 0 Å². The van der Waals surface area contributed by atoms with Gasteiger partial charge in [0.15, 0.2) is 12.4 Å². The van der Waals surface area contributed by atoms with Crippen LogP contribution in [0, 0.1) is 0 Å². The van der Waals surface area contributed by atoms with Crippen LogP contribution in [-0.2, 0) is 33.3 Å². The van der Waals surface area contributed by atoms with Gasteiger partial charge in [0.05, 0.1) is 40.3 Å². The average Bonchev–Trinajstić information content (AvgIpc) is 3.44. The highest BCUT2D eigenvalue weighted by Crippen LogP contribution is 2.14. The third-order valence-corrected chi connectivity index (χ3v) is 12.8. The lowest BCUT2D eigenvalue weighted by molar-refractivity contribution is -0.870. The van der Waals surface area contributed by atoms with E-state index in [4.69, 9.17) is 18.9 Å². The molecule has 2 atom stereocenters. The van der Waals surface area contributed by atoms with Gasteiger partial charge in [0.1, 0.15) is 13.2 Å². The molecule has 0 aromatic rings. The first-order chi connectivity index (χ1) is 39.6. The Balaban J connectivity index is 4.27. The smallest absolute Gasteiger partial charge is 0.306 e. The molecule has 0 spiro atoms. The molecule has 0 bridgehead atoms. The number of aliphatic carboxylic acids is 1. The maximum Gasteiger partial charge on any atom is 0.306 e. The second kappa shape index (κ2) is 61.0. The summed E-state index contributed by atoms with van der Waals surface area (Å²) in [5, 5.41) is 11.8. The molecule has 9 heteroatoms. The van der Waals surface area contributed by atoms with E-state index in [2.05, 4.69) is 172 Å². The van der Waals surface area contributed by atoms with E-state index in [9.17, 15) is 19.5 Å². The van der Waals surface area contributed by atoms with Gasteiger partial charge in [-0.15, -0.1) is 0 Å². The standard InChI is InChI=1S/C72H115NO8/c1-6-8-10-12-14-16-18-20-22-24-26-28-29-30-31-32-33-34-35-36-37-38-39-40-41-43-45-47-49-51-53-55-57-59-61-63-70(75)81-68(67-80-72(71(76)77)78-65-64-73(3,4)5)66-79-69(74)62-60-58-56-54-52-50-48-46-44-42-27-25-23-21-19-17-15-13-11-9-7-2/h8-11,14-17,20-23,26-28,30-31,33-34,36-37,39-40,42-43,45,68,72H,6-7,12-13,18-19,24-25,29,32,35,38,41,44,46-67H2,1-5H3/b10-8-,11-9-,16-14-,17-15-,22-20-,23-21-,28-26-,31-30-,34-33-,37-36-,40-39-,42-27-,45-43-. The maximum absolute atomic E-state index is 12.9. The van der Waals surface area contributed by atoms with Crippen LogP contribution in [0.3, 0.4) is 0 Å². The zero-order valence-corrected chi connectivity index (χ0v) is 51.8. The van der Waals surface area contributed by atoms with E-state index in [0.717, 1.165) is 141 Å². The van der Waals surface area contributed by atoms with Crippen LogP contribution in [0.5, 0.6) is 0 Å². The summed E-state index contributed by atoms with van der Waals surface area (Å²) in [5.74, 6) is -2.33. The van der Waals surface area contributed by atoms with Crippen LogP contribution in [0.1, 0.15) is 219 Å². The number of esters is 2. The average molecular weight is 1120 g/mol. The molecule has 456 valence electrons. The third-order valence-electron chi connectivity index (χ3n) is 12.8. The summed E-state index contributed by atoms with van der Waals surface area (Å²) >= 11 is 0. The lowest BCUT2D eigenvalue weighted by Crippen LogP contribution is -2.44. The summed E-state index contributed by atoms with van der Waals surface area (Å²) in [6, 6.07) is 0. The van der Waals surface area contributed by atoms with Gasteiger partial charge in [0, 0.05) is 12.8 Å². The van der Waals surface area contributed by atoms with Crippen molar-refractivity contribution in [1.29, 1.82) is 0 Å². The minimum Gasteiger partial charge on any atom is -0.545 e. The number of allylic oxidation sites excluding steroid dienone is 26. The van der Waals surface area contributed by atoms with E-state index in [-0.39, 0.29) is 38.6 Å². The zero-order chi connectivity index (χ0) is 59.1. The van der Waals surface area contributed by atoms with Crippen LogP contribution in [0.4, 0.5) is 0 Å². The number of nitrogens with zero attached hydrogens (tertiary/aromatic N) is 1. The monoisotopic (exact) mass is 1120 g/mol. The number of rotatable bonds is 56. The SMILES string of the molecule is CC/C=C\C/C=C\C/C=C\C/C=C\C/C=C\C/C=C\C/C=C\C/C=C\C/C=C\CCCCCCCCCC(=O)OC(COC(=O)CCCCCCCCCC/C=C\C/C=C\C/C=C\C/C=C\CC)COC(OCC[N+](C)(C)C)C(=O)[O-]. The fourth-order valence-electron chi connectivity index (χ4n) is 7.99. The summed E-state index contributed by atoms with van der Waals surface area (Å²) in [4.78, 5) is 37.4. The summed E-state index contributed by atoms with van der Waals surface area (Å²) in [6.45, 7) is 4.48. The number of ether oxygens (including phenoxy) is 4. The number of hydrogen-bond acceptors (Lipinski definition) is 8. The van der Waals surface area contributed by atoms with Crippen LogP contribution in [0.2, 0.25) is 0 Å². The molecule has 0 rings (SSSR count). The summed E-state index contributed by atoms with van der Waals surface area (Å²) in [7, 11) is 5.90. The molecule has 0 N–H and O–H groups in total. The molecule has 0 saturated carbocycles. The normalized spacial score (nSPS) is 13.8. The van der Waals surface area contributed by atoms with Gasteiger partial charge in [0.2, 0.25) is 0 Å². The van der Waals surface area contributed by atoms with Crippen molar-refractivity contribution in [3.63, 3.8) is 0 Å². The summed E-state index contributed by atoms with van der Waals surface area (Å²) < 4.78 is 22.7. The number of carbonyl (C=O) groups is 3. The molecule has 0 amide bonds. The molecule has 0 aliphatic heterocycles. The first-order valence-corrected chi connectivity index (χ1v) is 31.6. The molecule has 0 aliphatic rings. The number of unbranched alkanes of at least 4 members (excludes halogenated alkanes) is 15. The van der Waals surface area contributed by atoms with Gasteiger partial charge in [-0.1, -0.05) is 242 Å². The van der Waals surface area contributed by atoms with Crippen LogP contribution < -0.4 is 5.11 Å². The van der Waals surface area contributed by atoms with Crippen molar-refractivity contribution in [2.75, 3.05) is 47.5 Å². The molecule has 0 aromatic carbocycles. The van der Waals surface area contributed by atoms with Gasteiger partial charge in [-0.2, -0.15) is 0 Å². The Morgan fingerprint density at radius 3 is 0.988 bits per heavy atom. The molecule has 0 aliphatic carbocycles. The predicted octanol–water partition coefficient (Wildman–Crippen LogP) is 18.0. The minimum absolute atomic E-state index is 0.135. The maximum atomic E-state index is 12.9. The number of quaternary nitrogens is 1. The first kappa shape index (κ1) is 75.9. The van der Waals surface area contributed by atoms with Gasteiger partial charge in [-0.05, 0) is 122 Å². The minimum atomic E-state index is -1.64. The van der Waals surface area contributed by atoms with Gasteiger partial charge >= 0.3 is 11.9 Å². The van der Waals surface area contributed by atoms with E-state index in [1.54, 1.807) is 0 Å². The van der Waals surface area contributed by atoms with Crippen molar-refractivity contribution in [2.24, 2.45) is 0 Å². The number of carboxylic acid groups (broad SMARTS) is 1. The molecule has 0 fully saturated rings. The summed E-state index contributed by atoms with van der Waals surface area (Å²) in [6.07, 6.45) is 87.2. The van der Waals surface area contributed by atoms with Crippen LogP contribution >= 0.6 is 0 Å². The second-order valence-corrected chi connectivity index (χ2v) is 21.6. The molecule has 0 heterocycles. The lowest BCUT2D eigenvalue weighted by atomic mass is 10.1. The highest BCUT2D eigenvalue weighted by Gasteiger charge is 2.22. The number of carboxylic acids is 1. The molecule has 0 saturated heterocycles. The fourth-order valence-corrected chi connectivity index (χ4v) is 7.99. The van der Waals surface area contributed by atoms with Crippen LogP contribution in [0.25, 0.3) is 0 Å². The van der Waals surface area contributed by atoms with Crippen molar-refractivity contribution in [3.05, 3.63) is 158 Å². The first-order valence-electron chi connectivity index (χ1n) is 31.6. The molecular formula is C72H115NO8. The Bertz CT molecular complexity index is 1880. The highest BCUT2D eigenvalue weighted by molar-refractivity contribution is 5.70. The van der Waals surface area contributed by atoms with E-state index in [1.807, 2.05) is 21.1 Å². The van der Waals surface area contributed by atoms with Crippen LogP contribution in [0.15, 0.2) is 158 Å². The van der Waals surface area contributed by atoms with E-state index in [1.165, 1.54) is 44.9 Å². The van der Waals surface area contributed by atoms with Gasteiger partial charge in [0.25, 0.3) is 0 Å². The largest absolute Gasteiger partial charge is 0.545 e. The van der Waals surface area contributed by atoms with Crippen molar-refractivity contribution < 1.29 is 42.9 Å². The summed E-state index contributed by atoms with van der Waals surface area (Å²) in [5.41, 5.74) is 0. The third kappa shape index (κ3) is 62.4. The fraction of sp³-hybridized carbons (Fsp3) is 0.597. The Hall–Kier alpha value is -5.09. The number of likely N-dealkylation sites (N-methyl/N-ethyl adjacent to an activating group) is 1. The van der Waals surface area contributed by atoms with Crippen molar-refractivity contribution in [3.8, 4) is 0 Å². The molecule has 81 heavy (non-hydrogen) atoms. The molecule has 0 radical (unpaired) electrons. The van der Waals surface area contributed by atoms with Crippen molar-refractivity contribution in [1.82, 2.24) is 0 Å². The Kier molecular flexibility index (Phi) is 57.2. The van der Waals surface area contributed by atoms with E-state index >= 15 is 0 Å². The second-order valence-electron chi connectivity index (χ2n) is 21.6. The number of carbonyl (C=O) groups excluding carboxylic acids is 3. The quantitative estimate of drug-likeness (QED) is 0.0195. The van der Waals surface area contributed by atoms with Gasteiger partial charge in [-0.3, -0.25) is 9.59 Å². The Morgan fingerprint density at radius 1 is 0.370 bits per heavy atom. The topological polar surface area (TPSA) is 111 Å². The Labute approximate surface area is 495 Å². The van der Waals surface area contributed by atoms with Crippen molar-refractivity contribution in [2.45, 2.75) is 232 Å². The van der Waals surface area contributed by atoms with Crippen LogP contribution in [-0.4, -0.2) is 82.3 Å². The van der Waals surface area contributed by atoms with E-state index in [0.29, 0.717) is 17.4 Å². The molecule has 2 unspecified atom stereocenters. The van der Waals surface area contributed by atoms with E-state index < -0.39 is 24.3 Å². The highest BCUT2D eigenvalue weighted by atomic mass is 16.7. The zero-order valence-electron chi connectivity index (χ0n) is 51.8. The number of hydrogen-bond donors (Lipinski definition) is 0. The molecule has 0 aromatic heterocycles. The lowest BCUT2D eigenvalue weighted by Gasteiger charge is -2.26. The van der Waals surface area contributed by atoms with Crippen molar-refractivity contribution >= 4 is 17.9 Å². The predicted molar refractivity (Wildman–Crippen MR) is 342 cm³/mol. The van der Waals surface area contributed by atoms with Gasteiger partial charge < -0.3 is 33.3 Å². The molecular weight excluding hydrogens is 1010 g/mol.